The molecule has 2 rings (SSSR count). The summed E-state index contributed by atoms with van der Waals surface area (Å²) in [5.41, 5.74) is -0.998. The molecule has 11 heteroatoms. The zero-order valence-corrected chi connectivity index (χ0v) is 15.3. The van der Waals surface area contributed by atoms with Crippen LogP contribution in [0.5, 0.6) is 0 Å². The van der Waals surface area contributed by atoms with Crippen LogP contribution in [0.4, 0.5) is 13.2 Å². The Bertz CT molecular complexity index is 943. The summed E-state index contributed by atoms with van der Waals surface area (Å²) in [4.78, 5) is 14.2. The zero-order chi connectivity index (χ0) is 19.7. The molecule has 1 aromatic carbocycles. The smallest absolute Gasteiger partial charge is 0.301 e. The highest BCUT2D eigenvalue weighted by Crippen LogP contribution is 2.40. The molecule has 0 fully saturated rings. The first-order valence-corrected chi connectivity index (χ1v) is 9.17. The third-order valence-corrected chi connectivity index (χ3v) is 5.77. The second kappa shape index (κ2) is 7.37. The molecule has 1 atom stereocenters. The molecule has 6 nitrogen and oxygen atoms in total. The van der Waals surface area contributed by atoms with Crippen molar-refractivity contribution >= 4 is 21.6 Å². The summed E-state index contributed by atoms with van der Waals surface area (Å²) >= 11 is 5.71. The van der Waals surface area contributed by atoms with Gasteiger partial charge in [0.15, 0.2) is 0 Å². The van der Waals surface area contributed by atoms with E-state index in [1.54, 1.807) is 0 Å². The second-order valence-corrected chi connectivity index (χ2v) is 7.71. The van der Waals surface area contributed by atoms with Crippen LogP contribution in [0.1, 0.15) is 18.5 Å². The molecule has 1 heterocycles. The molecule has 0 unspecified atom stereocenters. The molecule has 0 aliphatic carbocycles. The van der Waals surface area contributed by atoms with Gasteiger partial charge >= 0.3 is 11.9 Å². The number of hydrogen-bond donors (Lipinski definition) is 0. The summed E-state index contributed by atoms with van der Waals surface area (Å²) < 4.78 is 68.0. The predicted molar refractivity (Wildman–Crippen MR) is 89.3 cm³/mol. The van der Waals surface area contributed by atoms with E-state index in [-0.39, 0.29) is 10.6 Å². The quantitative estimate of drug-likeness (QED) is 0.761. The van der Waals surface area contributed by atoms with E-state index in [0.29, 0.717) is 4.31 Å². The lowest BCUT2D eigenvalue weighted by Crippen LogP contribution is -2.42. The highest BCUT2D eigenvalue weighted by atomic mass is 35.5. The number of aromatic nitrogens is 2. The van der Waals surface area contributed by atoms with Crippen molar-refractivity contribution in [3.8, 4) is 0 Å². The van der Waals surface area contributed by atoms with Crippen LogP contribution >= 0.6 is 11.6 Å². The van der Waals surface area contributed by atoms with E-state index in [1.165, 1.54) is 26.1 Å². The molecule has 142 valence electrons. The monoisotopic (exact) mass is 409 g/mol. The molecule has 0 amide bonds. The topological polar surface area (TPSA) is 72.3 Å². The first-order valence-electron chi connectivity index (χ1n) is 7.35. The van der Waals surface area contributed by atoms with Crippen LogP contribution in [-0.4, -0.2) is 35.0 Å². The largest absolute Gasteiger partial charge is 0.409 e. The van der Waals surface area contributed by atoms with Crippen LogP contribution in [0.15, 0.2) is 46.3 Å². The summed E-state index contributed by atoms with van der Waals surface area (Å²) in [7, 11) is -3.32. The molecule has 0 bridgehead atoms. The van der Waals surface area contributed by atoms with Gasteiger partial charge in [0.2, 0.25) is 10.0 Å². The fourth-order valence-corrected chi connectivity index (χ4v) is 4.15. The minimum Gasteiger partial charge on any atom is -0.301 e. The van der Waals surface area contributed by atoms with Crippen molar-refractivity contribution in [2.45, 2.75) is 24.0 Å². The number of sulfonamides is 1. The number of halogens is 4. The van der Waals surface area contributed by atoms with Gasteiger partial charge in [0.25, 0.3) is 0 Å². The minimum absolute atomic E-state index is 0.225. The van der Waals surface area contributed by atoms with Crippen molar-refractivity contribution in [3.05, 3.63) is 57.7 Å². The Balaban J connectivity index is 2.61. The lowest BCUT2D eigenvalue weighted by Gasteiger charge is -2.31. The van der Waals surface area contributed by atoms with Crippen LogP contribution in [0, 0.1) is 0 Å². The number of rotatable bonds is 5. The molecule has 1 aromatic heterocycles. The summed E-state index contributed by atoms with van der Waals surface area (Å²) in [6.07, 6.45) is -3.19. The molecule has 0 aliphatic rings. The highest BCUT2D eigenvalue weighted by molar-refractivity contribution is 7.89. The fourth-order valence-electron chi connectivity index (χ4n) is 2.41. The standard InChI is InChI=1S/C15H15ClF3N3O3S/c1-3-22(26(24,25)12-8-20-14(23)21(2)9-12)13(15(17,18)19)10-4-6-11(16)7-5-10/h4-9,13H,3H2,1-2H3/t13-/m1/s1. The average Bonchev–Trinajstić information content (AvgIpc) is 2.54. The number of aryl methyl sites for hydroxylation is 1. The number of alkyl halides is 3. The van der Waals surface area contributed by atoms with Crippen LogP contribution in [0.2, 0.25) is 5.02 Å². The van der Waals surface area contributed by atoms with Crippen molar-refractivity contribution < 1.29 is 21.6 Å². The van der Waals surface area contributed by atoms with Gasteiger partial charge < -0.3 is 4.57 Å². The maximum absolute atomic E-state index is 13.7. The highest BCUT2D eigenvalue weighted by Gasteiger charge is 2.48. The van der Waals surface area contributed by atoms with E-state index in [1.807, 2.05) is 0 Å². The summed E-state index contributed by atoms with van der Waals surface area (Å²) in [6.45, 7) is 0.847. The number of hydrogen-bond acceptors (Lipinski definition) is 4. The molecule has 26 heavy (non-hydrogen) atoms. The fraction of sp³-hybridized carbons (Fsp3) is 0.333. The van der Waals surface area contributed by atoms with E-state index in [4.69, 9.17) is 11.6 Å². The lowest BCUT2D eigenvalue weighted by molar-refractivity contribution is -0.173. The van der Waals surface area contributed by atoms with E-state index in [9.17, 15) is 26.4 Å². The van der Waals surface area contributed by atoms with Gasteiger partial charge in [0, 0.05) is 24.8 Å². The van der Waals surface area contributed by atoms with Gasteiger partial charge in [0.1, 0.15) is 10.9 Å². The molecular weight excluding hydrogens is 395 g/mol. The lowest BCUT2D eigenvalue weighted by atomic mass is 10.1. The maximum Gasteiger partial charge on any atom is 0.409 e. The average molecular weight is 410 g/mol. The predicted octanol–water partition coefficient (Wildman–Crippen LogP) is 2.75. The normalized spacial score (nSPS) is 13.8. The Morgan fingerprint density at radius 3 is 2.31 bits per heavy atom. The second-order valence-electron chi connectivity index (χ2n) is 5.39. The molecule has 0 radical (unpaired) electrons. The Morgan fingerprint density at radius 1 is 1.27 bits per heavy atom. The van der Waals surface area contributed by atoms with E-state index in [0.717, 1.165) is 29.1 Å². The third-order valence-electron chi connectivity index (χ3n) is 3.63. The summed E-state index contributed by atoms with van der Waals surface area (Å²) in [5.74, 6) is 0. The Hall–Kier alpha value is -1.91. The van der Waals surface area contributed by atoms with Gasteiger partial charge in [0.05, 0.1) is 6.20 Å². The van der Waals surface area contributed by atoms with Crippen molar-refractivity contribution in [1.82, 2.24) is 13.9 Å². The molecular formula is C15H15ClF3N3O3S. The maximum atomic E-state index is 13.7. The van der Waals surface area contributed by atoms with Crippen molar-refractivity contribution in [3.63, 3.8) is 0 Å². The van der Waals surface area contributed by atoms with Crippen LogP contribution < -0.4 is 5.69 Å². The minimum atomic E-state index is -4.87. The van der Waals surface area contributed by atoms with Crippen molar-refractivity contribution in [2.24, 2.45) is 7.05 Å². The van der Waals surface area contributed by atoms with Crippen LogP contribution in [-0.2, 0) is 17.1 Å². The van der Waals surface area contributed by atoms with Gasteiger partial charge in [-0.25, -0.2) is 18.2 Å². The first-order chi connectivity index (χ1) is 12.0. The van der Waals surface area contributed by atoms with Gasteiger partial charge in [-0.1, -0.05) is 30.7 Å². The van der Waals surface area contributed by atoms with Gasteiger partial charge in [-0.2, -0.15) is 17.5 Å². The molecule has 0 saturated carbocycles. The zero-order valence-electron chi connectivity index (χ0n) is 13.7. The molecule has 0 saturated heterocycles. The number of benzene rings is 1. The Kier molecular flexibility index (Phi) is 5.79. The van der Waals surface area contributed by atoms with E-state index >= 15 is 0 Å². The number of nitrogens with zero attached hydrogens (tertiary/aromatic N) is 3. The van der Waals surface area contributed by atoms with Gasteiger partial charge in [-0.05, 0) is 17.7 Å². The van der Waals surface area contributed by atoms with Crippen molar-refractivity contribution in [1.29, 1.82) is 0 Å². The van der Waals surface area contributed by atoms with Crippen LogP contribution in [0.3, 0.4) is 0 Å². The van der Waals surface area contributed by atoms with E-state index < -0.39 is 39.4 Å². The molecule has 0 spiro atoms. The molecule has 2 aromatic rings. The van der Waals surface area contributed by atoms with Gasteiger partial charge in [-0.3, -0.25) is 0 Å². The Labute approximate surface area is 152 Å². The summed E-state index contributed by atoms with van der Waals surface area (Å²) in [6, 6.07) is 2.34. The SMILES string of the molecule is CCN([C@H](c1ccc(Cl)cc1)C(F)(F)F)S(=O)(=O)c1cnc(=O)n(C)c1. The Morgan fingerprint density at radius 2 is 1.85 bits per heavy atom. The molecule has 0 aliphatic heterocycles. The van der Waals surface area contributed by atoms with Crippen molar-refractivity contribution in [2.75, 3.05) is 6.54 Å². The summed E-state index contributed by atoms with van der Waals surface area (Å²) in [5, 5.41) is 0.225. The van der Waals surface area contributed by atoms with Crippen LogP contribution in [0.25, 0.3) is 0 Å². The van der Waals surface area contributed by atoms with Gasteiger partial charge in [-0.15, -0.1) is 0 Å². The molecule has 0 N–H and O–H groups in total. The first kappa shape index (κ1) is 20.4. The van der Waals surface area contributed by atoms with E-state index in [2.05, 4.69) is 4.98 Å². The third kappa shape index (κ3) is 4.08.